The molecule has 0 amide bonds. The van der Waals surface area contributed by atoms with E-state index in [4.69, 9.17) is 0 Å². The monoisotopic (exact) mass is 662 g/mol. The number of hydrogen-bond acceptors (Lipinski definition) is 1. The third-order valence-electron chi connectivity index (χ3n) is 10.8. The zero-order chi connectivity index (χ0) is 33.5. The second-order valence-electron chi connectivity index (χ2n) is 13.6. The summed E-state index contributed by atoms with van der Waals surface area (Å²) in [4.78, 5) is 0. The van der Waals surface area contributed by atoms with Gasteiger partial charge in [0.15, 0.2) is 0 Å². The topological polar surface area (TPSA) is 0 Å². The highest BCUT2D eigenvalue weighted by Crippen LogP contribution is 2.50. The van der Waals surface area contributed by atoms with E-state index < -0.39 is 0 Å². The van der Waals surface area contributed by atoms with E-state index in [0.29, 0.717) is 0 Å². The zero-order valence-electron chi connectivity index (χ0n) is 27.7. The van der Waals surface area contributed by atoms with Gasteiger partial charge in [0, 0.05) is 25.7 Å². The quantitative estimate of drug-likeness (QED) is 0.130. The molecule has 0 N–H and O–H groups in total. The molecule has 0 aliphatic rings. The highest BCUT2D eigenvalue weighted by atomic mass is 32.1. The van der Waals surface area contributed by atoms with E-state index in [2.05, 4.69) is 182 Å². The molecule has 0 saturated carbocycles. The van der Waals surface area contributed by atoms with E-state index in [9.17, 15) is 0 Å². The third kappa shape index (κ3) is 4.32. The molecule has 11 rings (SSSR count). The minimum absolute atomic E-state index is 1.22. The van der Waals surface area contributed by atoms with E-state index in [0.717, 1.165) is 0 Å². The fourth-order valence-corrected chi connectivity index (χ4v) is 9.76. The molecule has 0 radical (unpaired) electrons. The number of thiophene rings is 1. The molecular weight excluding hydrogens is 633 g/mol. The predicted octanol–water partition coefficient (Wildman–Crippen LogP) is 14.8. The largest absolute Gasteiger partial charge is 0.135 e. The van der Waals surface area contributed by atoms with Crippen LogP contribution in [-0.4, -0.2) is 0 Å². The summed E-state index contributed by atoms with van der Waals surface area (Å²) in [5.41, 5.74) is 7.62. The van der Waals surface area contributed by atoms with Crippen molar-refractivity contribution < 1.29 is 0 Å². The molecule has 11 aromatic rings. The summed E-state index contributed by atoms with van der Waals surface area (Å²) in [7, 11) is 0. The van der Waals surface area contributed by atoms with Gasteiger partial charge in [0.05, 0.1) is 0 Å². The fraction of sp³-hybridized carbons (Fsp3) is 0. The Morgan fingerprint density at radius 3 is 1.53 bits per heavy atom. The van der Waals surface area contributed by atoms with Crippen molar-refractivity contribution in [2.24, 2.45) is 0 Å². The molecule has 1 heterocycles. The van der Waals surface area contributed by atoms with Gasteiger partial charge < -0.3 is 0 Å². The van der Waals surface area contributed by atoms with Gasteiger partial charge in [-0.2, -0.15) is 0 Å². The molecule has 0 nitrogen and oxygen atoms in total. The van der Waals surface area contributed by atoms with Gasteiger partial charge in [-0.05, 0) is 106 Å². The zero-order valence-corrected chi connectivity index (χ0v) is 28.5. The van der Waals surface area contributed by atoms with Crippen LogP contribution in [0.3, 0.4) is 0 Å². The van der Waals surface area contributed by atoms with Crippen molar-refractivity contribution in [1.82, 2.24) is 0 Å². The Balaban J connectivity index is 1.26. The van der Waals surface area contributed by atoms with Crippen LogP contribution in [0.2, 0.25) is 0 Å². The van der Waals surface area contributed by atoms with Gasteiger partial charge in [0.1, 0.15) is 0 Å². The van der Waals surface area contributed by atoms with Gasteiger partial charge >= 0.3 is 0 Å². The summed E-state index contributed by atoms with van der Waals surface area (Å²) >= 11 is 1.92. The first-order valence-electron chi connectivity index (χ1n) is 17.6. The van der Waals surface area contributed by atoms with Crippen LogP contribution in [-0.2, 0) is 0 Å². The molecule has 0 bridgehead atoms. The smallest absolute Gasteiger partial charge is 0.0434 e. The maximum absolute atomic E-state index is 2.44. The SMILES string of the molecule is c1ccc(-c2cc3c(ccc4ccccc43)cc2-c2c3ccccc3c(-c3cccc4c3sc3cc5ccccc5cc34)c3ccccc23)cc1. The molecule has 1 aromatic heterocycles. The lowest BCUT2D eigenvalue weighted by Crippen LogP contribution is -1.93. The van der Waals surface area contributed by atoms with Gasteiger partial charge in [-0.15, -0.1) is 11.3 Å². The Labute approximate surface area is 299 Å². The van der Waals surface area contributed by atoms with E-state index in [-0.39, 0.29) is 0 Å². The van der Waals surface area contributed by atoms with Crippen molar-refractivity contribution in [2.45, 2.75) is 0 Å². The molecule has 0 fully saturated rings. The summed E-state index contributed by atoms with van der Waals surface area (Å²) in [6.45, 7) is 0. The van der Waals surface area contributed by atoms with Crippen LogP contribution < -0.4 is 0 Å². The van der Waals surface area contributed by atoms with Crippen molar-refractivity contribution >= 4 is 85.4 Å². The molecule has 0 atom stereocenters. The highest BCUT2D eigenvalue weighted by molar-refractivity contribution is 7.26. The second-order valence-corrected chi connectivity index (χ2v) is 14.6. The van der Waals surface area contributed by atoms with Crippen molar-refractivity contribution in [3.8, 4) is 33.4 Å². The third-order valence-corrected chi connectivity index (χ3v) is 12.0. The van der Waals surface area contributed by atoms with Crippen molar-refractivity contribution in [1.29, 1.82) is 0 Å². The first kappa shape index (κ1) is 28.5. The lowest BCUT2D eigenvalue weighted by atomic mass is 9.82. The van der Waals surface area contributed by atoms with E-state index >= 15 is 0 Å². The molecule has 236 valence electrons. The van der Waals surface area contributed by atoms with Crippen LogP contribution in [0.1, 0.15) is 0 Å². The first-order valence-corrected chi connectivity index (χ1v) is 18.4. The molecule has 0 aliphatic heterocycles. The lowest BCUT2D eigenvalue weighted by Gasteiger charge is -2.21. The molecule has 0 saturated heterocycles. The van der Waals surface area contributed by atoms with Crippen molar-refractivity contribution in [3.05, 3.63) is 182 Å². The van der Waals surface area contributed by atoms with Gasteiger partial charge in [-0.1, -0.05) is 158 Å². The Kier molecular flexibility index (Phi) is 6.22. The molecule has 0 spiro atoms. The van der Waals surface area contributed by atoms with Crippen LogP contribution >= 0.6 is 11.3 Å². The van der Waals surface area contributed by atoms with Gasteiger partial charge in [-0.3, -0.25) is 0 Å². The van der Waals surface area contributed by atoms with Crippen LogP contribution in [0.15, 0.2) is 182 Å². The minimum Gasteiger partial charge on any atom is -0.135 e. The number of fused-ring (bicyclic) bond motifs is 9. The second kappa shape index (κ2) is 11.1. The normalized spacial score (nSPS) is 11.9. The van der Waals surface area contributed by atoms with Gasteiger partial charge in [-0.25, -0.2) is 0 Å². The Morgan fingerprint density at radius 1 is 0.275 bits per heavy atom. The highest BCUT2D eigenvalue weighted by Gasteiger charge is 2.22. The molecular formula is C50H30S. The number of rotatable bonds is 3. The Bertz CT molecular complexity index is 3130. The predicted molar refractivity (Wildman–Crippen MR) is 223 cm³/mol. The summed E-state index contributed by atoms with van der Waals surface area (Å²) in [6.07, 6.45) is 0. The van der Waals surface area contributed by atoms with Crippen molar-refractivity contribution in [2.75, 3.05) is 0 Å². The first-order chi connectivity index (χ1) is 25.3. The van der Waals surface area contributed by atoms with E-state index in [1.54, 1.807) is 0 Å². The lowest BCUT2D eigenvalue weighted by molar-refractivity contribution is 1.63. The molecule has 0 unspecified atom stereocenters. The van der Waals surface area contributed by atoms with Crippen LogP contribution in [0.5, 0.6) is 0 Å². The minimum atomic E-state index is 1.22. The summed E-state index contributed by atoms with van der Waals surface area (Å²) in [5, 5.41) is 15.4. The number of benzene rings is 10. The van der Waals surface area contributed by atoms with Gasteiger partial charge in [0.25, 0.3) is 0 Å². The maximum atomic E-state index is 2.44. The number of hydrogen-bond donors (Lipinski definition) is 0. The standard InChI is InChI=1S/C50H30S/c1-2-13-31(14-3-1)43-30-44-35(26-25-32-15-6-7-18-36(32)44)28-46(43)49-39-21-10-8-19-37(39)48(38-20-9-11-22-40(38)49)42-24-12-23-41-45-27-33-16-4-5-17-34(33)29-47(45)51-50(41)42/h1-30H. The van der Waals surface area contributed by atoms with Crippen LogP contribution in [0, 0.1) is 0 Å². The van der Waals surface area contributed by atoms with Crippen molar-refractivity contribution in [3.63, 3.8) is 0 Å². The van der Waals surface area contributed by atoms with E-state index in [1.807, 2.05) is 11.3 Å². The molecule has 51 heavy (non-hydrogen) atoms. The molecule has 10 aromatic carbocycles. The molecule has 1 heteroatoms. The van der Waals surface area contributed by atoms with Gasteiger partial charge in [0.2, 0.25) is 0 Å². The molecule has 0 aliphatic carbocycles. The summed E-state index contributed by atoms with van der Waals surface area (Å²) < 4.78 is 2.67. The summed E-state index contributed by atoms with van der Waals surface area (Å²) in [5.74, 6) is 0. The average molecular weight is 663 g/mol. The maximum Gasteiger partial charge on any atom is 0.0434 e. The summed E-state index contributed by atoms with van der Waals surface area (Å²) in [6, 6.07) is 67.5. The Hall–Kier alpha value is -6.28. The van der Waals surface area contributed by atoms with E-state index in [1.165, 1.54) is 107 Å². The van der Waals surface area contributed by atoms with Crippen LogP contribution in [0.25, 0.3) is 107 Å². The Morgan fingerprint density at radius 2 is 0.824 bits per heavy atom. The van der Waals surface area contributed by atoms with Crippen LogP contribution in [0.4, 0.5) is 0 Å². The fourth-order valence-electron chi connectivity index (χ4n) is 8.51. The average Bonchev–Trinajstić information content (AvgIpc) is 3.56.